The molecule has 24 heavy (non-hydrogen) atoms. The van der Waals surface area contributed by atoms with Gasteiger partial charge in [-0.25, -0.2) is 0 Å². The van der Waals surface area contributed by atoms with Crippen LogP contribution in [0.1, 0.15) is 27.3 Å². The van der Waals surface area contributed by atoms with E-state index >= 15 is 0 Å². The Balaban J connectivity index is 1.97. The van der Waals surface area contributed by atoms with Crippen molar-refractivity contribution in [2.24, 2.45) is 0 Å². The molecule has 1 heterocycles. The zero-order chi connectivity index (χ0) is 17.5. The first-order chi connectivity index (χ1) is 11.5. The molecule has 1 aromatic carbocycles. The van der Waals surface area contributed by atoms with Gasteiger partial charge >= 0.3 is 5.97 Å². The summed E-state index contributed by atoms with van der Waals surface area (Å²) < 4.78 is 2.13. The van der Waals surface area contributed by atoms with Crippen LogP contribution >= 0.6 is 11.8 Å². The molecule has 1 amide bonds. The van der Waals surface area contributed by atoms with Crippen molar-refractivity contribution in [1.82, 2.24) is 9.88 Å². The number of amides is 1. The second kappa shape index (κ2) is 8.59. The number of hydrogen-bond acceptors (Lipinski definition) is 3. The van der Waals surface area contributed by atoms with Crippen LogP contribution in [0.25, 0.3) is 0 Å². The molecule has 0 saturated carbocycles. The van der Waals surface area contributed by atoms with E-state index < -0.39 is 5.97 Å². The number of aromatic nitrogens is 1. The van der Waals surface area contributed by atoms with Crippen LogP contribution in [0.5, 0.6) is 0 Å². The predicted molar refractivity (Wildman–Crippen MR) is 96.7 cm³/mol. The maximum absolute atomic E-state index is 12.3. The minimum Gasteiger partial charge on any atom is -0.481 e. The molecule has 1 aromatic heterocycles. The van der Waals surface area contributed by atoms with Gasteiger partial charge in [-0.05, 0) is 25.5 Å². The fourth-order valence-electron chi connectivity index (χ4n) is 2.53. The maximum atomic E-state index is 12.3. The monoisotopic (exact) mass is 346 g/mol. The Kier molecular flexibility index (Phi) is 6.49. The molecule has 0 atom stereocenters. The van der Waals surface area contributed by atoms with Gasteiger partial charge in [-0.3, -0.25) is 9.59 Å². The molecule has 2 rings (SSSR count). The van der Waals surface area contributed by atoms with Gasteiger partial charge in [0.25, 0.3) is 5.91 Å². The second-order valence-corrected chi connectivity index (χ2v) is 6.66. The number of carbonyl (C=O) groups excluding carboxylic acids is 1. The number of nitrogens with zero attached hydrogens (tertiary/aromatic N) is 1. The molecule has 0 fully saturated rings. The Morgan fingerprint density at radius 1 is 1.21 bits per heavy atom. The van der Waals surface area contributed by atoms with Gasteiger partial charge in [-0.1, -0.05) is 30.3 Å². The number of hydrogen-bond donors (Lipinski definition) is 2. The van der Waals surface area contributed by atoms with Crippen molar-refractivity contribution in [2.45, 2.75) is 20.4 Å². The van der Waals surface area contributed by atoms with Crippen LogP contribution in [-0.2, 0) is 11.3 Å². The number of carbonyl (C=O) groups is 2. The zero-order valence-electron chi connectivity index (χ0n) is 13.9. The van der Waals surface area contributed by atoms with Crippen molar-refractivity contribution in [3.05, 3.63) is 58.9 Å². The first-order valence-corrected chi connectivity index (χ1v) is 8.93. The summed E-state index contributed by atoms with van der Waals surface area (Å²) in [4.78, 5) is 22.8. The number of aliphatic carboxylic acids is 1. The van der Waals surface area contributed by atoms with E-state index in [4.69, 9.17) is 5.11 Å². The summed E-state index contributed by atoms with van der Waals surface area (Å²) in [7, 11) is 0. The summed E-state index contributed by atoms with van der Waals surface area (Å²) in [5, 5.41) is 11.4. The molecule has 0 radical (unpaired) electrons. The highest BCUT2D eigenvalue weighted by molar-refractivity contribution is 7.99. The summed E-state index contributed by atoms with van der Waals surface area (Å²) in [5.74, 6) is -0.309. The lowest BCUT2D eigenvalue weighted by atomic mass is 10.2. The minimum absolute atomic E-state index is 0.0570. The molecular formula is C18H22N2O3S. The molecule has 5 nitrogen and oxygen atoms in total. The topological polar surface area (TPSA) is 71.3 Å². The van der Waals surface area contributed by atoms with E-state index in [0.717, 1.165) is 17.9 Å². The standard InChI is InChI=1S/C18H22N2O3S/c1-13-10-16(18(23)19-8-9-24-12-17(21)22)14(2)20(13)11-15-6-4-3-5-7-15/h3-7,10H,8-9,11-12H2,1-2H3,(H,19,23)(H,21,22). The van der Waals surface area contributed by atoms with E-state index in [2.05, 4.69) is 22.0 Å². The highest BCUT2D eigenvalue weighted by Gasteiger charge is 2.15. The fraction of sp³-hybridized carbons (Fsp3) is 0.333. The van der Waals surface area contributed by atoms with E-state index in [0.29, 0.717) is 17.9 Å². The summed E-state index contributed by atoms with van der Waals surface area (Å²) in [6.07, 6.45) is 0. The van der Waals surface area contributed by atoms with E-state index in [-0.39, 0.29) is 11.7 Å². The van der Waals surface area contributed by atoms with Crippen molar-refractivity contribution < 1.29 is 14.7 Å². The largest absolute Gasteiger partial charge is 0.481 e. The van der Waals surface area contributed by atoms with Gasteiger partial charge in [-0.2, -0.15) is 0 Å². The number of rotatable bonds is 8. The number of thioether (sulfide) groups is 1. The number of carboxylic acids is 1. The van der Waals surface area contributed by atoms with Crippen LogP contribution in [0.4, 0.5) is 0 Å². The number of benzene rings is 1. The van der Waals surface area contributed by atoms with Crippen LogP contribution in [0.15, 0.2) is 36.4 Å². The molecule has 0 spiro atoms. The van der Waals surface area contributed by atoms with Crippen LogP contribution in [0, 0.1) is 13.8 Å². The first kappa shape index (κ1) is 18.1. The van der Waals surface area contributed by atoms with Gasteiger partial charge in [0.1, 0.15) is 0 Å². The Morgan fingerprint density at radius 3 is 2.58 bits per heavy atom. The number of carboxylic acid groups (broad SMARTS) is 1. The van der Waals surface area contributed by atoms with Crippen LogP contribution in [0.3, 0.4) is 0 Å². The summed E-state index contributed by atoms with van der Waals surface area (Å²) in [6, 6.07) is 12.0. The summed E-state index contributed by atoms with van der Waals surface area (Å²) in [6.45, 7) is 5.14. The second-order valence-electron chi connectivity index (χ2n) is 5.56. The molecule has 0 aliphatic rings. The molecule has 0 saturated heterocycles. The smallest absolute Gasteiger partial charge is 0.313 e. The normalized spacial score (nSPS) is 10.6. The third-order valence-electron chi connectivity index (χ3n) is 3.76. The molecule has 0 aliphatic carbocycles. The lowest BCUT2D eigenvalue weighted by molar-refractivity contribution is -0.133. The highest BCUT2D eigenvalue weighted by Crippen LogP contribution is 2.17. The number of aryl methyl sites for hydroxylation is 1. The third-order valence-corrected chi connectivity index (χ3v) is 4.70. The third kappa shape index (κ3) is 4.89. The fourth-order valence-corrected chi connectivity index (χ4v) is 3.10. The first-order valence-electron chi connectivity index (χ1n) is 7.77. The predicted octanol–water partition coefficient (Wildman–Crippen LogP) is 2.70. The van der Waals surface area contributed by atoms with Gasteiger partial charge in [0.05, 0.1) is 11.3 Å². The number of nitrogens with one attached hydrogen (secondary N) is 1. The molecule has 2 N–H and O–H groups in total. The highest BCUT2D eigenvalue weighted by atomic mass is 32.2. The Hall–Kier alpha value is -2.21. The van der Waals surface area contributed by atoms with E-state index in [1.165, 1.54) is 17.3 Å². The van der Waals surface area contributed by atoms with E-state index in [1.54, 1.807) is 0 Å². The van der Waals surface area contributed by atoms with E-state index in [1.807, 2.05) is 38.1 Å². The average molecular weight is 346 g/mol. The molecule has 0 bridgehead atoms. The van der Waals surface area contributed by atoms with E-state index in [9.17, 15) is 9.59 Å². The van der Waals surface area contributed by atoms with Crippen molar-refractivity contribution >= 4 is 23.6 Å². The Labute approximate surface area is 146 Å². The zero-order valence-corrected chi connectivity index (χ0v) is 14.7. The molecular weight excluding hydrogens is 324 g/mol. The molecule has 0 unspecified atom stereocenters. The summed E-state index contributed by atoms with van der Waals surface area (Å²) in [5.41, 5.74) is 3.84. The Morgan fingerprint density at radius 2 is 1.92 bits per heavy atom. The van der Waals surface area contributed by atoms with Crippen LogP contribution in [-0.4, -0.2) is 39.6 Å². The Bertz CT molecular complexity index is 711. The average Bonchev–Trinajstić information content (AvgIpc) is 2.83. The maximum Gasteiger partial charge on any atom is 0.313 e. The van der Waals surface area contributed by atoms with Crippen molar-refractivity contribution in [2.75, 3.05) is 18.1 Å². The molecule has 2 aromatic rings. The lowest BCUT2D eigenvalue weighted by Gasteiger charge is -2.10. The quantitative estimate of drug-likeness (QED) is 0.721. The van der Waals surface area contributed by atoms with Gasteiger partial charge in [0.2, 0.25) is 0 Å². The van der Waals surface area contributed by atoms with Crippen LogP contribution in [0.2, 0.25) is 0 Å². The molecule has 128 valence electrons. The van der Waals surface area contributed by atoms with Gasteiger partial charge in [0, 0.05) is 30.2 Å². The molecule has 0 aliphatic heterocycles. The van der Waals surface area contributed by atoms with Crippen LogP contribution < -0.4 is 5.32 Å². The van der Waals surface area contributed by atoms with Gasteiger partial charge < -0.3 is 15.0 Å². The SMILES string of the molecule is Cc1cc(C(=O)NCCSCC(=O)O)c(C)n1Cc1ccccc1. The van der Waals surface area contributed by atoms with Gasteiger partial charge in [-0.15, -0.1) is 11.8 Å². The van der Waals surface area contributed by atoms with Crippen molar-refractivity contribution in [3.63, 3.8) is 0 Å². The van der Waals surface area contributed by atoms with Crippen molar-refractivity contribution in [3.8, 4) is 0 Å². The summed E-state index contributed by atoms with van der Waals surface area (Å²) >= 11 is 1.29. The lowest BCUT2D eigenvalue weighted by Crippen LogP contribution is -2.26. The molecule has 6 heteroatoms. The van der Waals surface area contributed by atoms with Crippen molar-refractivity contribution in [1.29, 1.82) is 0 Å². The van der Waals surface area contributed by atoms with Gasteiger partial charge in [0.15, 0.2) is 0 Å². The minimum atomic E-state index is -0.837.